The minimum Gasteiger partial charge on any atom is -0.395 e. The fourth-order valence-corrected chi connectivity index (χ4v) is 4.12. The molecule has 3 atom stereocenters. The maximum absolute atomic E-state index is 12.5. The van der Waals surface area contributed by atoms with E-state index in [2.05, 4.69) is 32.3 Å². The van der Waals surface area contributed by atoms with Crippen LogP contribution in [-0.2, 0) is 6.54 Å². The number of pyridine rings is 2. The van der Waals surface area contributed by atoms with E-state index < -0.39 is 0 Å². The topological polar surface area (TPSA) is 78.4 Å². The molecule has 0 bridgehead atoms. The van der Waals surface area contributed by atoms with Crippen LogP contribution >= 0.6 is 0 Å². The molecule has 1 aliphatic heterocycles. The lowest BCUT2D eigenvalue weighted by Gasteiger charge is -2.55. The van der Waals surface area contributed by atoms with Gasteiger partial charge in [-0.25, -0.2) is 0 Å². The summed E-state index contributed by atoms with van der Waals surface area (Å²) < 4.78 is 0. The van der Waals surface area contributed by atoms with E-state index >= 15 is 0 Å². The first kappa shape index (κ1) is 19.2. The number of likely N-dealkylation sites (tertiary alicyclic amines) is 1. The Balaban J connectivity index is 1.53. The number of carbonyl (C=O) groups is 1. The van der Waals surface area contributed by atoms with Crippen molar-refractivity contribution in [3.8, 4) is 0 Å². The summed E-state index contributed by atoms with van der Waals surface area (Å²) in [4.78, 5) is 23.1. The van der Waals surface area contributed by atoms with Gasteiger partial charge >= 0.3 is 0 Å². The summed E-state index contributed by atoms with van der Waals surface area (Å²) >= 11 is 0. The molecule has 6 nitrogen and oxygen atoms in total. The van der Waals surface area contributed by atoms with Gasteiger partial charge in [-0.3, -0.25) is 19.7 Å². The third-order valence-electron chi connectivity index (χ3n) is 5.51. The number of aliphatic hydroxyl groups excluding tert-OH is 1. The molecule has 1 amide bonds. The predicted molar refractivity (Wildman–Crippen MR) is 110 cm³/mol. The SMILES string of the molecule is O=C(NC[C@H]1[C@H](c2ccccc2)[C@H](CO)N1Cc1cccnc1)c1ccccn1. The highest BCUT2D eigenvalue weighted by Crippen LogP contribution is 2.41. The Labute approximate surface area is 170 Å². The quantitative estimate of drug-likeness (QED) is 0.649. The normalized spacial score (nSPS) is 21.3. The number of rotatable bonds is 7. The minimum absolute atomic E-state index is 0.00522. The lowest BCUT2D eigenvalue weighted by Crippen LogP contribution is -2.66. The van der Waals surface area contributed by atoms with Gasteiger partial charge < -0.3 is 10.4 Å². The number of hydrogen-bond acceptors (Lipinski definition) is 5. The molecule has 0 aliphatic carbocycles. The zero-order chi connectivity index (χ0) is 20.1. The van der Waals surface area contributed by atoms with Crippen LogP contribution in [-0.4, -0.2) is 51.1 Å². The van der Waals surface area contributed by atoms with Crippen LogP contribution < -0.4 is 5.32 Å². The van der Waals surface area contributed by atoms with Gasteiger partial charge in [-0.2, -0.15) is 0 Å². The largest absolute Gasteiger partial charge is 0.395 e. The van der Waals surface area contributed by atoms with Crippen molar-refractivity contribution in [3.63, 3.8) is 0 Å². The summed E-state index contributed by atoms with van der Waals surface area (Å²) in [6, 6.07) is 19.5. The highest BCUT2D eigenvalue weighted by Gasteiger charge is 2.48. The predicted octanol–water partition coefficient (Wildman–Crippen LogP) is 2.24. The van der Waals surface area contributed by atoms with Gasteiger partial charge in [0.1, 0.15) is 5.69 Å². The molecule has 0 saturated carbocycles. The summed E-state index contributed by atoms with van der Waals surface area (Å²) in [5, 5.41) is 13.1. The zero-order valence-electron chi connectivity index (χ0n) is 16.1. The molecule has 0 radical (unpaired) electrons. The van der Waals surface area contributed by atoms with Crippen molar-refractivity contribution in [1.82, 2.24) is 20.2 Å². The molecule has 0 unspecified atom stereocenters. The molecule has 29 heavy (non-hydrogen) atoms. The van der Waals surface area contributed by atoms with Crippen molar-refractivity contribution in [2.75, 3.05) is 13.2 Å². The molecule has 6 heteroatoms. The van der Waals surface area contributed by atoms with E-state index in [1.54, 1.807) is 30.6 Å². The van der Waals surface area contributed by atoms with E-state index in [1.165, 1.54) is 5.56 Å². The third-order valence-corrected chi connectivity index (χ3v) is 5.51. The maximum atomic E-state index is 12.5. The van der Waals surface area contributed by atoms with Gasteiger partial charge in [-0.15, -0.1) is 0 Å². The van der Waals surface area contributed by atoms with Crippen LogP contribution in [0.5, 0.6) is 0 Å². The molecule has 3 heterocycles. The fraction of sp³-hybridized carbons (Fsp3) is 0.261. The van der Waals surface area contributed by atoms with Crippen LogP contribution in [0.2, 0.25) is 0 Å². The first-order chi connectivity index (χ1) is 14.3. The molecule has 2 N–H and O–H groups in total. The lowest BCUT2D eigenvalue weighted by molar-refractivity contribution is -0.0482. The van der Waals surface area contributed by atoms with Crippen LogP contribution in [0.3, 0.4) is 0 Å². The standard InChI is InChI=1S/C23H24N4O2/c28-16-21-22(18-8-2-1-3-9-18)20(27(21)15-17-7-6-11-24-13-17)14-26-23(29)19-10-4-5-12-25-19/h1-13,20-22,28H,14-16H2,(H,26,29)/t20-,21-,22-/m0/s1. The minimum atomic E-state index is -0.189. The van der Waals surface area contributed by atoms with Crippen molar-refractivity contribution in [2.45, 2.75) is 24.5 Å². The van der Waals surface area contributed by atoms with Gasteiger partial charge in [-0.05, 0) is 29.3 Å². The molecular formula is C23H24N4O2. The van der Waals surface area contributed by atoms with Crippen LogP contribution in [0.4, 0.5) is 0 Å². The van der Waals surface area contributed by atoms with Gasteiger partial charge in [0, 0.05) is 49.7 Å². The van der Waals surface area contributed by atoms with Gasteiger partial charge in [0.15, 0.2) is 0 Å². The van der Waals surface area contributed by atoms with Gasteiger partial charge in [-0.1, -0.05) is 42.5 Å². The molecule has 0 spiro atoms. The van der Waals surface area contributed by atoms with E-state index in [1.807, 2.05) is 36.5 Å². The molecule has 3 aromatic rings. The molecule has 1 saturated heterocycles. The first-order valence-electron chi connectivity index (χ1n) is 9.77. The Bertz CT molecular complexity index is 921. The summed E-state index contributed by atoms with van der Waals surface area (Å²) in [5.41, 5.74) is 2.66. The smallest absolute Gasteiger partial charge is 0.269 e. The number of carbonyl (C=O) groups excluding carboxylic acids is 1. The van der Waals surface area contributed by atoms with E-state index in [0.717, 1.165) is 5.56 Å². The Morgan fingerprint density at radius 1 is 1.00 bits per heavy atom. The van der Waals surface area contributed by atoms with Crippen molar-refractivity contribution < 1.29 is 9.90 Å². The summed E-state index contributed by atoms with van der Waals surface area (Å²) in [6.07, 6.45) is 5.20. The molecule has 4 rings (SSSR count). The van der Waals surface area contributed by atoms with Gasteiger partial charge in [0.2, 0.25) is 0 Å². The Morgan fingerprint density at radius 3 is 2.52 bits per heavy atom. The number of benzene rings is 1. The maximum Gasteiger partial charge on any atom is 0.269 e. The molecular weight excluding hydrogens is 364 g/mol. The molecule has 1 aliphatic rings. The van der Waals surface area contributed by atoms with Crippen molar-refractivity contribution in [1.29, 1.82) is 0 Å². The first-order valence-corrected chi connectivity index (χ1v) is 9.77. The average Bonchev–Trinajstić information content (AvgIpc) is 2.78. The number of aliphatic hydroxyl groups is 1. The lowest BCUT2D eigenvalue weighted by atomic mass is 9.75. The Morgan fingerprint density at radius 2 is 1.83 bits per heavy atom. The van der Waals surface area contributed by atoms with Crippen LogP contribution in [0, 0.1) is 0 Å². The summed E-state index contributed by atoms with van der Waals surface area (Å²) in [7, 11) is 0. The number of hydrogen-bond donors (Lipinski definition) is 2. The van der Waals surface area contributed by atoms with Crippen molar-refractivity contribution in [2.24, 2.45) is 0 Å². The molecule has 148 valence electrons. The summed E-state index contributed by atoms with van der Waals surface area (Å²) in [5.74, 6) is -0.0481. The number of nitrogens with one attached hydrogen (secondary N) is 1. The van der Waals surface area contributed by atoms with Crippen LogP contribution in [0.15, 0.2) is 79.3 Å². The molecule has 1 fully saturated rings. The van der Waals surface area contributed by atoms with E-state index in [0.29, 0.717) is 18.8 Å². The number of amides is 1. The fourth-order valence-electron chi connectivity index (χ4n) is 4.12. The Kier molecular flexibility index (Phi) is 5.93. The third kappa shape index (κ3) is 4.18. The van der Waals surface area contributed by atoms with E-state index in [4.69, 9.17) is 0 Å². The van der Waals surface area contributed by atoms with Crippen LogP contribution in [0.1, 0.15) is 27.5 Å². The highest BCUT2D eigenvalue weighted by molar-refractivity contribution is 5.92. The van der Waals surface area contributed by atoms with E-state index in [9.17, 15) is 9.90 Å². The second-order valence-electron chi connectivity index (χ2n) is 7.21. The average molecular weight is 388 g/mol. The second kappa shape index (κ2) is 8.94. The molecule has 2 aromatic heterocycles. The highest BCUT2D eigenvalue weighted by atomic mass is 16.3. The van der Waals surface area contributed by atoms with Gasteiger partial charge in [0.25, 0.3) is 5.91 Å². The van der Waals surface area contributed by atoms with Crippen molar-refractivity contribution >= 4 is 5.91 Å². The molecule has 1 aromatic carbocycles. The van der Waals surface area contributed by atoms with Gasteiger partial charge in [0.05, 0.1) is 6.61 Å². The van der Waals surface area contributed by atoms with Crippen molar-refractivity contribution in [3.05, 3.63) is 96.1 Å². The number of nitrogens with zero attached hydrogens (tertiary/aromatic N) is 3. The monoisotopic (exact) mass is 388 g/mol. The number of aromatic nitrogens is 2. The van der Waals surface area contributed by atoms with E-state index in [-0.39, 0.29) is 30.5 Å². The summed E-state index contributed by atoms with van der Waals surface area (Å²) in [6.45, 7) is 1.21. The van der Waals surface area contributed by atoms with Crippen LogP contribution in [0.25, 0.3) is 0 Å². The zero-order valence-corrected chi connectivity index (χ0v) is 16.1. The Hall–Kier alpha value is -3.09. The second-order valence-corrected chi connectivity index (χ2v) is 7.21.